The normalized spacial score (nSPS) is 13.4. The number of hydrogen-bond donors (Lipinski definition) is 0. The smallest absolute Gasteiger partial charge is 0.179 e. The maximum absolute atomic E-state index is 2.93. The summed E-state index contributed by atoms with van der Waals surface area (Å²) in [5.41, 5.74) is 13.7. The molecule has 0 spiro atoms. The number of rotatable bonds is 9. The van der Waals surface area contributed by atoms with Crippen molar-refractivity contribution in [2.45, 2.75) is 38.0 Å². The van der Waals surface area contributed by atoms with Gasteiger partial charge in [0.25, 0.3) is 0 Å². The second kappa shape index (κ2) is 17.3. The maximum Gasteiger partial charge on any atom is 0.179 e. The third kappa shape index (κ3) is 6.91. The van der Waals surface area contributed by atoms with Crippen LogP contribution in [-0.2, 0) is 0 Å². The fourth-order valence-corrected chi connectivity index (χ4v) is 16.9. The molecule has 3 heteroatoms. The van der Waals surface area contributed by atoms with Crippen LogP contribution in [0.1, 0.15) is 43.6 Å². The third-order valence-corrected chi connectivity index (χ3v) is 20.0. The van der Waals surface area contributed by atoms with Crippen LogP contribution in [0.3, 0.4) is 0 Å². The molecule has 0 unspecified atom stereocenters. The molecular weight excluding hydrogens is 849 g/mol. The van der Waals surface area contributed by atoms with Gasteiger partial charge in [0.1, 0.15) is 0 Å². The van der Waals surface area contributed by atoms with E-state index in [2.05, 4.69) is 258 Å². The number of fused-ring (bicyclic) bond motifs is 6. The van der Waals surface area contributed by atoms with Crippen molar-refractivity contribution < 1.29 is 0 Å². The Kier molecular flexibility index (Phi) is 10.3. The Morgan fingerprint density at radius 2 is 0.783 bits per heavy atom. The number of para-hydroxylation sites is 1. The molecule has 12 aromatic rings. The molecule has 2 nitrogen and oxygen atoms in total. The highest BCUT2D eigenvalue weighted by Gasteiger charge is 2.42. The van der Waals surface area contributed by atoms with E-state index < -0.39 is 8.07 Å². The largest absolute Gasteiger partial charge is 0.309 e. The zero-order valence-electron chi connectivity index (χ0n) is 38.7. The topological polar surface area (TPSA) is 9.86 Å². The lowest BCUT2D eigenvalue weighted by atomic mass is 9.82. The first-order valence-corrected chi connectivity index (χ1v) is 26.8. The summed E-state index contributed by atoms with van der Waals surface area (Å²) in [5.74, 6) is 0.604. The molecule has 0 atom stereocenters. The summed E-state index contributed by atoms with van der Waals surface area (Å²) in [5, 5.41) is 10.7. The standard InChI is InChI=1S/C66H52N2Si/c1-6-21-47(22-7-1)50-27-18-33-56(43-50)69(54-29-12-4-13-30-54,55-31-14-5-15-32-55)57-34-19-28-52(45-57)67-63-41-39-51(48-23-8-2-9-24-48)44-60(63)61-46-53(40-42-64(61)67)68-62-37-17-16-35-59(62)66-58(36-20-38-65(66)68)49-25-10-3-11-26-49/h1-2,4-9,12-24,27-46,49H,3,10-11,25-26H2. The van der Waals surface area contributed by atoms with Crippen molar-refractivity contribution in [3.63, 3.8) is 0 Å². The number of aromatic nitrogens is 2. The van der Waals surface area contributed by atoms with E-state index in [9.17, 15) is 0 Å². The van der Waals surface area contributed by atoms with Gasteiger partial charge in [0, 0.05) is 32.9 Å². The average Bonchev–Trinajstić information content (AvgIpc) is 3.95. The summed E-state index contributed by atoms with van der Waals surface area (Å²) >= 11 is 0. The minimum Gasteiger partial charge on any atom is -0.309 e. The fourth-order valence-electron chi connectivity index (χ4n) is 12.1. The Morgan fingerprint density at radius 1 is 0.304 bits per heavy atom. The van der Waals surface area contributed by atoms with Crippen LogP contribution in [0.4, 0.5) is 0 Å². The van der Waals surface area contributed by atoms with Crippen LogP contribution in [0.25, 0.3) is 77.2 Å². The Bertz CT molecular complexity index is 3770. The van der Waals surface area contributed by atoms with Gasteiger partial charge < -0.3 is 9.13 Å². The molecule has 1 fully saturated rings. The summed E-state index contributed by atoms with van der Waals surface area (Å²) in [6.07, 6.45) is 6.53. The molecule has 0 aliphatic heterocycles. The molecule has 1 aliphatic carbocycles. The minimum atomic E-state index is -2.93. The molecule has 10 aromatic carbocycles. The third-order valence-electron chi connectivity index (χ3n) is 15.2. The molecule has 1 aliphatic rings. The van der Waals surface area contributed by atoms with Gasteiger partial charge in [0.05, 0.1) is 22.1 Å². The van der Waals surface area contributed by atoms with Gasteiger partial charge in [-0.05, 0) is 122 Å². The fraction of sp³-hybridized carbons (Fsp3) is 0.0909. The second-order valence-corrected chi connectivity index (χ2v) is 22.9. The Balaban J connectivity index is 1.06. The van der Waals surface area contributed by atoms with Gasteiger partial charge in [-0.25, -0.2) is 0 Å². The molecule has 69 heavy (non-hydrogen) atoms. The predicted molar refractivity (Wildman–Crippen MR) is 295 cm³/mol. The van der Waals surface area contributed by atoms with E-state index in [1.807, 2.05) is 0 Å². The highest BCUT2D eigenvalue weighted by atomic mass is 28.3. The molecule has 0 bridgehead atoms. The first-order valence-electron chi connectivity index (χ1n) is 24.8. The van der Waals surface area contributed by atoms with Gasteiger partial charge >= 0.3 is 0 Å². The van der Waals surface area contributed by atoms with Crippen LogP contribution in [0.2, 0.25) is 0 Å². The lowest BCUT2D eigenvalue weighted by molar-refractivity contribution is 0.445. The summed E-state index contributed by atoms with van der Waals surface area (Å²) in [7, 11) is -2.93. The van der Waals surface area contributed by atoms with Crippen molar-refractivity contribution >= 4 is 72.4 Å². The molecule has 0 amide bonds. The average molecular weight is 901 g/mol. The minimum absolute atomic E-state index is 0.604. The van der Waals surface area contributed by atoms with Crippen molar-refractivity contribution in [2.24, 2.45) is 0 Å². The lowest BCUT2D eigenvalue weighted by Crippen LogP contribution is -2.74. The molecule has 0 N–H and O–H groups in total. The Labute approximate surface area is 405 Å². The molecule has 0 radical (unpaired) electrons. The van der Waals surface area contributed by atoms with Gasteiger partial charge in [-0.1, -0.05) is 213 Å². The molecule has 330 valence electrons. The quantitative estimate of drug-likeness (QED) is 0.101. The van der Waals surface area contributed by atoms with E-state index in [0.29, 0.717) is 5.92 Å². The van der Waals surface area contributed by atoms with Crippen LogP contribution in [0.5, 0.6) is 0 Å². The van der Waals surface area contributed by atoms with Gasteiger partial charge in [0.15, 0.2) is 8.07 Å². The van der Waals surface area contributed by atoms with E-state index in [-0.39, 0.29) is 0 Å². The molecule has 1 saturated carbocycles. The van der Waals surface area contributed by atoms with Crippen LogP contribution >= 0.6 is 0 Å². The predicted octanol–water partition coefficient (Wildman–Crippen LogP) is 14.6. The van der Waals surface area contributed by atoms with Crippen molar-refractivity contribution in [3.05, 3.63) is 254 Å². The van der Waals surface area contributed by atoms with E-state index in [4.69, 9.17) is 0 Å². The number of nitrogens with zero attached hydrogens (tertiary/aromatic N) is 2. The molecular formula is C66H52N2Si. The highest BCUT2D eigenvalue weighted by Crippen LogP contribution is 2.43. The van der Waals surface area contributed by atoms with Crippen LogP contribution in [-0.4, -0.2) is 17.2 Å². The zero-order valence-corrected chi connectivity index (χ0v) is 39.7. The van der Waals surface area contributed by atoms with E-state index in [1.165, 1.54) is 130 Å². The Morgan fingerprint density at radius 3 is 1.48 bits per heavy atom. The van der Waals surface area contributed by atoms with Gasteiger partial charge in [-0.15, -0.1) is 0 Å². The second-order valence-electron chi connectivity index (χ2n) is 19.0. The maximum atomic E-state index is 2.53. The summed E-state index contributed by atoms with van der Waals surface area (Å²) in [6, 6.07) is 93.6. The molecule has 13 rings (SSSR count). The van der Waals surface area contributed by atoms with E-state index in [0.717, 1.165) is 5.69 Å². The molecule has 0 saturated heterocycles. The SMILES string of the molecule is c1ccc(-c2cccc([Si](c3ccccc3)(c3ccccc3)c3cccc(-n4c5ccc(-c6ccccc6)cc5c5cc(-n6c7ccccc7c7c(C8CCCCC8)cccc76)ccc54)c3)c2)cc1. The van der Waals surface area contributed by atoms with E-state index in [1.54, 1.807) is 0 Å². The summed E-state index contributed by atoms with van der Waals surface area (Å²) in [6.45, 7) is 0. The first-order chi connectivity index (χ1) is 34.2. The highest BCUT2D eigenvalue weighted by molar-refractivity contribution is 7.20. The number of benzene rings is 10. The van der Waals surface area contributed by atoms with Crippen molar-refractivity contribution in [3.8, 4) is 33.6 Å². The van der Waals surface area contributed by atoms with E-state index >= 15 is 0 Å². The monoisotopic (exact) mass is 900 g/mol. The molecule has 2 heterocycles. The lowest BCUT2D eigenvalue weighted by Gasteiger charge is -2.35. The van der Waals surface area contributed by atoms with Crippen molar-refractivity contribution in [1.82, 2.24) is 9.13 Å². The zero-order chi connectivity index (χ0) is 45.7. The van der Waals surface area contributed by atoms with Gasteiger partial charge in [-0.2, -0.15) is 0 Å². The van der Waals surface area contributed by atoms with Crippen LogP contribution in [0, 0.1) is 0 Å². The number of hydrogen-bond acceptors (Lipinski definition) is 0. The van der Waals surface area contributed by atoms with Crippen molar-refractivity contribution in [1.29, 1.82) is 0 Å². The van der Waals surface area contributed by atoms with Gasteiger partial charge in [0.2, 0.25) is 0 Å². The van der Waals surface area contributed by atoms with Crippen LogP contribution < -0.4 is 20.7 Å². The summed E-state index contributed by atoms with van der Waals surface area (Å²) < 4.78 is 5.06. The van der Waals surface area contributed by atoms with Crippen molar-refractivity contribution in [2.75, 3.05) is 0 Å². The molecule has 2 aromatic heterocycles. The van der Waals surface area contributed by atoms with Crippen LogP contribution in [0.15, 0.2) is 249 Å². The van der Waals surface area contributed by atoms with Gasteiger partial charge in [-0.3, -0.25) is 0 Å². The summed E-state index contributed by atoms with van der Waals surface area (Å²) in [4.78, 5) is 0. The first kappa shape index (κ1) is 41.2. The Hall–Kier alpha value is -7.98.